The third-order valence-electron chi connectivity index (χ3n) is 5.70. The number of hydrogen-bond acceptors (Lipinski definition) is 2. The lowest BCUT2D eigenvalue weighted by Gasteiger charge is -2.42. The molecule has 1 aliphatic carbocycles. The molecule has 1 heterocycles. The van der Waals surface area contributed by atoms with Crippen LogP contribution in [0.3, 0.4) is 0 Å². The summed E-state index contributed by atoms with van der Waals surface area (Å²) in [4.78, 5) is 2.76. The summed E-state index contributed by atoms with van der Waals surface area (Å²) in [5.41, 5.74) is 1.08. The molecule has 124 valence electrons. The standard InChI is InChI=1S/C19H38N2/c1-16(2)12-20-13-19(8-6-17(3)7-9-19)15-21-11-10-18(4,5)14-21/h16-17,20H,6-15H2,1-5H3. The molecule has 2 rings (SSSR count). The zero-order valence-electron chi connectivity index (χ0n) is 15.2. The summed E-state index contributed by atoms with van der Waals surface area (Å²) in [6.07, 6.45) is 7.09. The van der Waals surface area contributed by atoms with E-state index in [1.165, 1.54) is 64.8 Å². The zero-order chi connectivity index (χ0) is 15.5. The molecule has 0 aromatic rings. The molecule has 0 bridgehead atoms. The van der Waals surface area contributed by atoms with Crippen molar-refractivity contribution in [2.24, 2.45) is 22.7 Å². The van der Waals surface area contributed by atoms with Crippen molar-refractivity contribution in [3.05, 3.63) is 0 Å². The molecule has 0 spiro atoms. The van der Waals surface area contributed by atoms with Gasteiger partial charge >= 0.3 is 0 Å². The van der Waals surface area contributed by atoms with Crippen molar-refractivity contribution >= 4 is 0 Å². The van der Waals surface area contributed by atoms with Crippen LogP contribution < -0.4 is 5.32 Å². The van der Waals surface area contributed by atoms with E-state index >= 15 is 0 Å². The summed E-state index contributed by atoms with van der Waals surface area (Å²) in [6, 6.07) is 0. The topological polar surface area (TPSA) is 15.3 Å². The molecule has 1 saturated carbocycles. The molecular weight excluding hydrogens is 256 g/mol. The van der Waals surface area contributed by atoms with Gasteiger partial charge in [0, 0.05) is 19.6 Å². The quantitative estimate of drug-likeness (QED) is 0.791. The van der Waals surface area contributed by atoms with Crippen LogP contribution in [-0.4, -0.2) is 37.6 Å². The first-order valence-electron chi connectivity index (χ1n) is 9.23. The maximum absolute atomic E-state index is 3.78. The van der Waals surface area contributed by atoms with Crippen LogP contribution in [0.1, 0.15) is 66.7 Å². The molecule has 0 amide bonds. The fraction of sp³-hybridized carbons (Fsp3) is 1.00. The van der Waals surface area contributed by atoms with E-state index in [9.17, 15) is 0 Å². The smallest absolute Gasteiger partial charge is 0.00504 e. The Labute approximate surface area is 133 Å². The van der Waals surface area contributed by atoms with Crippen LogP contribution in [0.4, 0.5) is 0 Å². The highest BCUT2D eigenvalue weighted by Crippen LogP contribution is 2.41. The van der Waals surface area contributed by atoms with Gasteiger partial charge in [0.15, 0.2) is 0 Å². The van der Waals surface area contributed by atoms with Crippen LogP contribution >= 0.6 is 0 Å². The van der Waals surface area contributed by atoms with Gasteiger partial charge in [-0.05, 0) is 55.0 Å². The third kappa shape index (κ3) is 5.25. The van der Waals surface area contributed by atoms with Gasteiger partial charge < -0.3 is 10.2 Å². The fourth-order valence-electron chi connectivity index (χ4n) is 4.22. The molecule has 2 nitrogen and oxygen atoms in total. The van der Waals surface area contributed by atoms with Gasteiger partial charge in [-0.1, -0.05) is 47.5 Å². The second-order valence-electron chi connectivity index (χ2n) is 9.33. The molecular formula is C19H38N2. The summed E-state index contributed by atoms with van der Waals surface area (Å²) in [5, 5.41) is 3.78. The SMILES string of the molecule is CC(C)CNCC1(CN2CCC(C)(C)C2)CCC(C)CC1. The molecule has 2 aliphatic rings. The second kappa shape index (κ2) is 7.00. The molecule has 1 aliphatic heterocycles. The first-order chi connectivity index (χ1) is 9.80. The number of nitrogens with zero attached hydrogens (tertiary/aromatic N) is 1. The van der Waals surface area contributed by atoms with Gasteiger partial charge in [-0.2, -0.15) is 0 Å². The van der Waals surface area contributed by atoms with Crippen molar-refractivity contribution in [1.82, 2.24) is 10.2 Å². The summed E-state index contributed by atoms with van der Waals surface area (Å²) < 4.78 is 0. The Morgan fingerprint density at radius 1 is 1.14 bits per heavy atom. The minimum Gasteiger partial charge on any atom is -0.316 e. The molecule has 1 saturated heterocycles. The van der Waals surface area contributed by atoms with E-state index in [4.69, 9.17) is 0 Å². The molecule has 0 aromatic heterocycles. The van der Waals surface area contributed by atoms with Gasteiger partial charge in [-0.25, -0.2) is 0 Å². The van der Waals surface area contributed by atoms with Crippen LogP contribution in [0.2, 0.25) is 0 Å². The van der Waals surface area contributed by atoms with E-state index < -0.39 is 0 Å². The number of nitrogens with one attached hydrogen (secondary N) is 1. The fourth-order valence-corrected chi connectivity index (χ4v) is 4.22. The third-order valence-corrected chi connectivity index (χ3v) is 5.70. The average Bonchev–Trinajstić information content (AvgIpc) is 2.72. The molecule has 2 heteroatoms. The van der Waals surface area contributed by atoms with Crippen LogP contribution in [0.25, 0.3) is 0 Å². The van der Waals surface area contributed by atoms with Crippen LogP contribution in [0.15, 0.2) is 0 Å². The van der Waals surface area contributed by atoms with Crippen molar-refractivity contribution in [3.63, 3.8) is 0 Å². The Hall–Kier alpha value is -0.0800. The van der Waals surface area contributed by atoms with Crippen molar-refractivity contribution in [2.75, 3.05) is 32.7 Å². The van der Waals surface area contributed by atoms with Crippen LogP contribution in [0, 0.1) is 22.7 Å². The van der Waals surface area contributed by atoms with Gasteiger partial charge in [0.1, 0.15) is 0 Å². The first kappa shape index (κ1) is 17.3. The molecule has 0 aromatic carbocycles. The predicted molar refractivity (Wildman–Crippen MR) is 92.6 cm³/mol. The minimum absolute atomic E-state index is 0.536. The Morgan fingerprint density at radius 3 is 2.33 bits per heavy atom. The minimum atomic E-state index is 0.536. The average molecular weight is 295 g/mol. The summed E-state index contributed by atoms with van der Waals surface area (Å²) >= 11 is 0. The zero-order valence-corrected chi connectivity index (χ0v) is 15.2. The summed E-state index contributed by atoms with van der Waals surface area (Å²) in [6.45, 7) is 18.3. The first-order valence-corrected chi connectivity index (χ1v) is 9.23. The largest absolute Gasteiger partial charge is 0.316 e. The van der Waals surface area contributed by atoms with E-state index in [-0.39, 0.29) is 0 Å². The van der Waals surface area contributed by atoms with Gasteiger partial charge in [-0.3, -0.25) is 0 Å². The maximum atomic E-state index is 3.78. The van der Waals surface area contributed by atoms with Crippen LogP contribution in [-0.2, 0) is 0 Å². The van der Waals surface area contributed by atoms with Crippen LogP contribution in [0.5, 0.6) is 0 Å². The summed E-state index contributed by atoms with van der Waals surface area (Å²) in [7, 11) is 0. The Morgan fingerprint density at radius 2 is 1.81 bits per heavy atom. The molecule has 21 heavy (non-hydrogen) atoms. The lowest BCUT2D eigenvalue weighted by atomic mass is 9.70. The summed E-state index contributed by atoms with van der Waals surface area (Å²) in [5.74, 6) is 1.70. The van der Waals surface area contributed by atoms with E-state index in [0.29, 0.717) is 10.8 Å². The van der Waals surface area contributed by atoms with E-state index in [0.717, 1.165) is 11.8 Å². The molecule has 0 radical (unpaired) electrons. The second-order valence-corrected chi connectivity index (χ2v) is 9.33. The predicted octanol–water partition coefficient (Wildman–Crippen LogP) is 4.16. The monoisotopic (exact) mass is 294 g/mol. The highest BCUT2D eigenvalue weighted by atomic mass is 15.2. The van der Waals surface area contributed by atoms with E-state index in [2.05, 4.69) is 44.8 Å². The number of rotatable bonds is 6. The highest BCUT2D eigenvalue weighted by molar-refractivity contribution is 4.92. The Bertz CT molecular complexity index is 314. The van der Waals surface area contributed by atoms with Crippen molar-refractivity contribution in [1.29, 1.82) is 0 Å². The van der Waals surface area contributed by atoms with Gasteiger partial charge in [0.05, 0.1) is 0 Å². The number of likely N-dealkylation sites (tertiary alicyclic amines) is 1. The van der Waals surface area contributed by atoms with E-state index in [1.54, 1.807) is 0 Å². The highest BCUT2D eigenvalue weighted by Gasteiger charge is 2.38. The van der Waals surface area contributed by atoms with Gasteiger partial charge in [-0.15, -0.1) is 0 Å². The molecule has 0 unspecified atom stereocenters. The Kier molecular flexibility index (Phi) is 5.76. The van der Waals surface area contributed by atoms with E-state index in [1.807, 2.05) is 0 Å². The van der Waals surface area contributed by atoms with Crippen molar-refractivity contribution in [2.45, 2.75) is 66.7 Å². The normalized spacial score (nSPS) is 33.7. The van der Waals surface area contributed by atoms with Crippen molar-refractivity contribution < 1.29 is 0 Å². The lowest BCUT2D eigenvalue weighted by Crippen LogP contribution is -2.46. The van der Waals surface area contributed by atoms with Crippen molar-refractivity contribution in [3.8, 4) is 0 Å². The lowest BCUT2D eigenvalue weighted by molar-refractivity contribution is 0.0927. The maximum Gasteiger partial charge on any atom is 0.00504 e. The Balaban J connectivity index is 1.92. The molecule has 1 N–H and O–H groups in total. The number of hydrogen-bond donors (Lipinski definition) is 1. The molecule has 2 fully saturated rings. The van der Waals surface area contributed by atoms with Gasteiger partial charge in [0.25, 0.3) is 0 Å². The van der Waals surface area contributed by atoms with Gasteiger partial charge in [0.2, 0.25) is 0 Å². The molecule has 0 atom stereocenters.